The minimum Gasteiger partial charge on any atom is -0.481 e. The quantitative estimate of drug-likeness (QED) is 0.683. The van der Waals surface area contributed by atoms with E-state index in [4.69, 9.17) is 5.11 Å². The highest BCUT2D eigenvalue weighted by atomic mass is 16.4. The third kappa shape index (κ3) is 4.51. The Bertz CT molecular complexity index is 303. The Hall–Kier alpha value is -1.49. The summed E-state index contributed by atoms with van der Waals surface area (Å²) in [5, 5.41) is 11.6. The van der Waals surface area contributed by atoms with E-state index < -0.39 is 5.97 Å². The second-order valence-electron chi connectivity index (χ2n) is 3.30. The van der Waals surface area contributed by atoms with Gasteiger partial charge in [-0.15, -0.1) is 0 Å². The van der Waals surface area contributed by atoms with Crippen LogP contribution < -0.4 is 5.32 Å². The molecule has 0 fully saturated rings. The first-order valence-corrected chi connectivity index (χ1v) is 4.91. The van der Waals surface area contributed by atoms with Crippen LogP contribution in [-0.2, 0) is 4.79 Å². The molecule has 0 amide bonds. The van der Waals surface area contributed by atoms with Crippen LogP contribution in [-0.4, -0.2) is 27.6 Å². The Morgan fingerprint density at radius 1 is 1.60 bits per heavy atom. The van der Waals surface area contributed by atoms with E-state index in [-0.39, 0.29) is 12.5 Å². The van der Waals surface area contributed by atoms with E-state index >= 15 is 0 Å². The number of nitrogens with zero attached hydrogens (tertiary/aromatic N) is 2. The second-order valence-corrected chi connectivity index (χ2v) is 3.30. The lowest BCUT2D eigenvalue weighted by molar-refractivity contribution is -0.137. The molecule has 0 aliphatic rings. The summed E-state index contributed by atoms with van der Waals surface area (Å²) >= 11 is 0. The van der Waals surface area contributed by atoms with Gasteiger partial charge < -0.3 is 10.4 Å². The summed E-state index contributed by atoms with van der Waals surface area (Å²) in [6, 6.07) is 0.104. The van der Waals surface area contributed by atoms with Crippen LogP contribution in [0.25, 0.3) is 0 Å². The molecule has 0 aromatic carbocycles. The molecule has 2 N–H and O–H groups in total. The van der Waals surface area contributed by atoms with Crippen molar-refractivity contribution in [2.45, 2.75) is 25.8 Å². The maximum Gasteiger partial charge on any atom is 0.303 e. The molecular weight excluding hydrogens is 194 g/mol. The lowest BCUT2D eigenvalue weighted by Crippen LogP contribution is -2.21. The number of carboxylic acids is 1. The number of carboxylic acid groups (broad SMARTS) is 1. The van der Waals surface area contributed by atoms with Gasteiger partial charge in [-0.25, -0.2) is 0 Å². The van der Waals surface area contributed by atoms with Gasteiger partial charge in [0, 0.05) is 31.1 Å². The molecular formula is C10H15N3O2. The Kier molecular flexibility index (Phi) is 4.70. The summed E-state index contributed by atoms with van der Waals surface area (Å²) in [4.78, 5) is 18.4. The van der Waals surface area contributed by atoms with Gasteiger partial charge in [-0.05, 0) is 19.9 Å². The molecule has 1 rings (SSSR count). The van der Waals surface area contributed by atoms with E-state index in [2.05, 4.69) is 15.3 Å². The van der Waals surface area contributed by atoms with Crippen LogP contribution in [0.2, 0.25) is 0 Å². The Morgan fingerprint density at radius 2 is 2.40 bits per heavy atom. The molecule has 1 heterocycles. The molecule has 0 saturated heterocycles. The first-order chi connectivity index (χ1) is 7.20. The van der Waals surface area contributed by atoms with Crippen LogP contribution in [0.4, 0.5) is 0 Å². The van der Waals surface area contributed by atoms with Gasteiger partial charge in [-0.3, -0.25) is 14.8 Å². The van der Waals surface area contributed by atoms with E-state index in [0.717, 1.165) is 5.69 Å². The lowest BCUT2D eigenvalue weighted by atomic mass is 10.2. The number of hydrogen-bond donors (Lipinski definition) is 2. The van der Waals surface area contributed by atoms with Crippen molar-refractivity contribution in [2.75, 3.05) is 6.54 Å². The highest BCUT2D eigenvalue weighted by molar-refractivity contribution is 5.66. The molecule has 0 radical (unpaired) electrons. The maximum atomic E-state index is 10.3. The summed E-state index contributed by atoms with van der Waals surface area (Å²) in [5.41, 5.74) is 0.868. The molecule has 1 aromatic heterocycles. The van der Waals surface area contributed by atoms with Crippen molar-refractivity contribution in [1.82, 2.24) is 15.3 Å². The normalized spacial score (nSPS) is 12.3. The Balaban J connectivity index is 2.25. The molecule has 5 nitrogen and oxygen atoms in total. The van der Waals surface area contributed by atoms with Gasteiger partial charge in [0.1, 0.15) is 0 Å². The highest BCUT2D eigenvalue weighted by Crippen LogP contribution is 2.06. The average molecular weight is 209 g/mol. The van der Waals surface area contributed by atoms with E-state index in [1.807, 2.05) is 6.92 Å². The third-order valence-electron chi connectivity index (χ3n) is 2.04. The van der Waals surface area contributed by atoms with E-state index in [1.165, 1.54) is 0 Å². The fourth-order valence-corrected chi connectivity index (χ4v) is 1.20. The SMILES string of the molecule is CC(NCCCC(=O)O)c1cnccn1. The molecule has 15 heavy (non-hydrogen) atoms. The van der Waals surface area contributed by atoms with Gasteiger partial charge in [-0.1, -0.05) is 0 Å². The van der Waals surface area contributed by atoms with Crippen molar-refractivity contribution in [3.05, 3.63) is 24.3 Å². The Morgan fingerprint density at radius 3 is 3.00 bits per heavy atom. The van der Waals surface area contributed by atoms with E-state index in [9.17, 15) is 4.79 Å². The van der Waals surface area contributed by atoms with E-state index in [1.54, 1.807) is 18.6 Å². The Labute approximate surface area is 88.6 Å². The van der Waals surface area contributed by atoms with Gasteiger partial charge >= 0.3 is 5.97 Å². The molecule has 0 saturated carbocycles. The second kappa shape index (κ2) is 6.08. The maximum absolute atomic E-state index is 10.3. The van der Waals surface area contributed by atoms with Crippen LogP contribution in [0.1, 0.15) is 31.5 Å². The molecule has 5 heteroatoms. The van der Waals surface area contributed by atoms with Crippen LogP contribution in [0.5, 0.6) is 0 Å². The van der Waals surface area contributed by atoms with Crippen molar-refractivity contribution in [3.8, 4) is 0 Å². The zero-order valence-electron chi connectivity index (χ0n) is 8.68. The first kappa shape index (κ1) is 11.6. The number of aliphatic carboxylic acids is 1. The van der Waals surface area contributed by atoms with Crippen molar-refractivity contribution in [3.63, 3.8) is 0 Å². The summed E-state index contributed by atoms with van der Waals surface area (Å²) in [6.07, 6.45) is 5.79. The molecule has 82 valence electrons. The minimum absolute atomic E-state index is 0.104. The fraction of sp³-hybridized carbons (Fsp3) is 0.500. The molecule has 0 aliphatic carbocycles. The van der Waals surface area contributed by atoms with Crippen LogP contribution in [0.15, 0.2) is 18.6 Å². The fourth-order valence-electron chi connectivity index (χ4n) is 1.20. The molecule has 0 spiro atoms. The van der Waals surface area contributed by atoms with E-state index in [0.29, 0.717) is 13.0 Å². The van der Waals surface area contributed by atoms with Crippen LogP contribution in [0, 0.1) is 0 Å². The number of rotatable bonds is 6. The van der Waals surface area contributed by atoms with Gasteiger partial charge in [-0.2, -0.15) is 0 Å². The number of aromatic nitrogens is 2. The van der Waals surface area contributed by atoms with Gasteiger partial charge in [0.25, 0.3) is 0 Å². The monoisotopic (exact) mass is 209 g/mol. The molecule has 0 bridgehead atoms. The van der Waals surface area contributed by atoms with Gasteiger partial charge in [0.15, 0.2) is 0 Å². The van der Waals surface area contributed by atoms with Crippen LogP contribution in [0.3, 0.4) is 0 Å². The lowest BCUT2D eigenvalue weighted by Gasteiger charge is -2.11. The third-order valence-corrected chi connectivity index (χ3v) is 2.04. The minimum atomic E-state index is -0.760. The summed E-state index contributed by atoms with van der Waals surface area (Å²) in [7, 11) is 0. The largest absolute Gasteiger partial charge is 0.481 e. The summed E-state index contributed by atoms with van der Waals surface area (Å²) in [6.45, 7) is 2.65. The van der Waals surface area contributed by atoms with Gasteiger partial charge in [0.05, 0.1) is 5.69 Å². The number of carbonyl (C=O) groups is 1. The topological polar surface area (TPSA) is 75.1 Å². The average Bonchev–Trinajstić information content (AvgIpc) is 2.25. The number of hydrogen-bond acceptors (Lipinski definition) is 4. The predicted octanol–water partition coefficient (Wildman–Crippen LogP) is 0.992. The zero-order valence-corrected chi connectivity index (χ0v) is 8.68. The predicted molar refractivity (Wildman–Crippen MR) is 55.3 cm³/mol. The van der Waals surface area contributed by atoms with Crippen molar-refractivity contribution in [1.29, 1.82) is 0 Å². The van der Waals surface area contributed by atoms with Crippen molar-refractivity contribution < 1.29 is 9.90 Å². The smallest absolute Gasteiger partial charge is 0.303 e. The summed E-state index contributed by atoms with van der Waals surface area (Å²) in [5.74, 6) is -0.760. The number of nitrogens with one attached hydrogen (secondary N) is 1. The first-order valence-electron chi connectivity index (χ1n) is 4.91. The molecule has 1 aromatic rings. The standard InChI is InChI=1S/C10H15N3O2/c1-8(9-7-11-5-6-13-9)12-4-2-3-10(14)15/h5-8,12H,2-4H2,1H3,(H,14,15). The molecule has 0 aliphatic heterocycles. The zero-order chi connectivity index (χ0) is 11.1. The molecule has 1 unspecified atom stereocenters. The van der Waals surface area contributed by atoms with Gasteiger partial charge in [0.2, 0.25) is 0 Å². The summed E-state index contributed by atoms with van der Waals surface area (Å²) < 4.78 is 0. The molecule has 1 atom stereocenters. The van der Waals surface area contributed by atoms with Crippen molar-refractivity contribution in [2.24, 2.45) is 0 Å². The highest BCUT2D eigenvalue weighted by Gasteiger charge is 2.05. The van der Waals surface area contributed by atoms with Crippen molar-refractivity contribution >= 4 is 5.97 Å². The van der Waals surface area contributed by atoms with Crippen LogP contribution >= 0.6 is 0 Å².